The summed E-state index contributed by atoms with van der Waals surface area (Å²) in [6, 6.07) is 8.76. The number of ether oxygens (including phenoxy) is 1. The molecule has 3 aromatic rings. The molecule has 11 heteroatoms. The van der Waals surface area contributed by atoms with E-state index >= 15 is 0 Å². The van der Waals surface area contributed by atoms with Crippen molar-refractivity contribution in [2.24, 2.45) is 0 Å². The number of halogens is 2. The maximum absolute atomic E-state index is 6.44. The normalized spacial score (nSPS) is 21.4. The molecule has 0 spiro atoms. The van der Waals surface area contributed by atoms with Gasteiger partial charge < -0.3 is 15.0 Å². The molecule has 3 fully saturated rings. The number of rotatable bonds is 6. The lowest BCUT2D eigenvalue weighted by atomic mass is 10.1. The largest absolute Gasteiger partial charge is 0.378 e. The van der Waals surface area contributed by atoms with Gasteiger partial charge in [-0.25, -0.2) is 0 Å². The highest BCUT2D eigenvalue weighted by Gasteiger charge is 2.36. The Hall–Kier alpha value is -2.17. The van der Waals surface area contributed by atoms with E-state index < -0.39 is 0 Å². The van der Waals surface area contributed by atoms with Crippen molar-refractivity contribution in [1.29, 1.82) is 0 Å². The zero-order chi connectivity index (χ0) is 23.2. The van der Waals surface area contributed by atoms with Crippen LogP contribution in [-0.4, -0.2) is 93.9 Å². The number of fused-ring (bicyclic) bond motifs is 1. The monoisotopic (exact) mass is 502 g/mol. The Morgan fingerprint density at radius 3 is 2.44 bits per heavy atom. The second-order valence-electron chi connectivity index (χ2n) is 9.33. The molecule has 1 aromatic carbocycles. The molecule has 3 aliphatic rings. The van der Waals surface area contributed by atoms with Crippen LogP contribution in [0.25, 0.3) is 5.78 Å². The molecular formula is C23H28Cl2N8O. The highest BCUT2D eigenvalue weighted by Crippen LogP contribution is 2.31. The average Bonchev–Trinajstić information content (AvgIpc) is 3.22. The molecule has 2 aromatic heterocycles. The van der Waals surface area contributed by atoms with Gasteiger partial charge in [-0.15, -0.1) is 0 Å². The summed E-state index contributed by atoms with van der Waals surface area (Å²) in [7, 11) is 0. The molecule has 1 atom stereocenters. The average molecular weight is 503 g/mol. The molecule has 1 N–H and O–H groups in total. The maximum atomic E-state index is 6.44. The van der Waals surface area contributed by atoms with E-state index in [1.165, 1.54) is 6.33 Å². The molecule has 0 saturated carbocycles. The first-order valence-corrected chi connectivity index (χ1v) is 12.5. The predicted molar refractivity (Wildman–Crippen MR) is 133 cm³/mol. The van der Waals surface area contributed by atoms with Crippen molar-refractivity contribution in [2.45, 2.75) is 25.0 Å². The number of hydrogen-bond donors (Lipinski definition) is 1. The van der Waals surface area contributed by atoms with Crippen LogP contribution in [0, 0.1) is 0 Å². The van der Waals surface area contributed by atoms with Gasteiger partial charge in [0.2, 0.25) is 0 Å². The zero-order valence-corrected chi connectivity index (χ0v) is 20.6. The van der Waals surface area contributed by atoms with E-state index in [2.05, 4.69) is 37.0 Å². The van der Waals surface area contributed by atoms with Crippen LogP contribution in [0.1, 0.15) is 18.5 Å². The molecule has 0 radical (unpaired) electrons. The molecule has 3 saturated heterocycles. The fraction of sp³-hybridized carbons (Fsp3) is 0.522. The van der Waals surface area contributed by atoms with Gasteiger partial charge in [0.15, 0.2) is 0 Å². The number of piperazine rings is 1. The van der Waals surface area contributed by atoms with Crippen molar-refractivity contribution in [1.82, 2.24) is 29.4 Å². The first-order chi connectivity index (χ1) is 16.5. The molecule has 180 valence electrons. The number of nitrogens with one attached hydrogen (secondary N) is 1. The van der Waals surface area contributed by atoms with Gasteiger partial charge in [-0.1, -0.05) is 29.3 Å². The Morgan fingerprint density at radius 1 is 1.03 bits per heavy atom. The van der Waals surface area contributed by atoms with E-state index in [-0.39, 0.29) is 6.04 Å². The summed E-state index contributed by atoms with van der Waals surface area (Å²) >= 11 is 12.5. The molecule has 0 amide bonds. The van der Waals surface area contributed by atoms with Crippen molar-refractivity contribution in [3.63, 3.8) is 0 Å². The van der Waals surface area contributed by atoms with Crippen LogP contribution in [0.15, 0.2) is 30.6 Å². The lowest BCUT2D eigenvalue weighted by Crippen LogP contribution is -2.65. The molecule has 5 heterocycles. The van der Waals surface area contributed by atoms with Gasteiger partial charge in [-0.05, 0) is 24.6 Å². The minimum atomic E-state index is -0.0473. The van der Waals surface area contributed by atoms with Crippen LogP contribution in [-0.2, 0) is 4.74 Å². The topological polar surface area (TPSA) is 74.1 Å². The summed E-state index contributed by atoms with van der Waals surface area (Å²) in [6.45, 7) is 10.3. The fourth-order valence-electron chi connectivity index (χ4n) is 4.99. The zero-order valence-electron chi connectivity index (χ0n) is 19.1. The first-order valence-electron chi connectivity index (χ1n) is 11.8. The minimum absolute atomic E-state index is 0.0473. The van der Waals surface area contributed by atoms with Crippen LogP contribution >= 0.6 is 23.2 Å². The summed E-state index contributed by atoms with van der Waals surface area (Å²) in [6.07, 6.45) is 1.53. The highest BCUT2D eigenvalue weighted by atomic mass is 35.5. The van der Waals surface area contributed by atoms with E-state index in [9.17, 15) is 0 Å². The van der Waals surface area contributed by atoms with E-state index in [0.717, 1.165) is 69.7 Å². The quantitative estimate of drug-likeness (QED) is 0.551. The van der Waals surface area contributed by atoms with Gasteiger partial charge in [-0.2, -0.15) is 19.6 Å². The van der Waals surface area contributed by atoms with Gasteiger partial charge >= 0.3 is 0 Å². The van der Waals surface area contributed by atoms with Crippen LogP contribution in [0.3, 0.4) is 0 Å². The van der Waals surface area contributed by atoms with Crippen LogP contribution in [0.2, 0.25) is 10.0 Å². The first kappa shape index (κ1) is 22.3. The lowest BCUT2D eigenvalue weighted by molar-refractivity contribution is -0.0804. The lowest BCUT2D eigenvalue weighted by Gasteiger charge is -2.50. The molecule has 0 bridgehead atoms. The van der Waals surface area contributed by atoms with Gasteiger partial charge in [0.05, 0.1) is 25.3 Å². The maximum Gasteiger partial charge on any atom is 0.256 e. The second kappa shape index (κ2) is 9.13. The van der Waals surface area contributed by atoms with Crippen molar-refractivity contribution in [3.05, 3.63) is 46.2 Å². The molecule has 34 heavy (non-hydrogen) atoms. The summed E-state index contributed by atoms with van der Waals surface area (Å²) in [5.41, 5.74) is 0.967. The third-order valence-electron chi connectivity index (χ3n) is 7.22. The highest BCUT2D eigenvalue weighted by molar-refractivity contribution is 6.35. The van der Waals surface area contributed by atoms with Crippen LogP contribution in [0.5, 0.6) is 0 Å². The summed E-state index contributed by atoms with van der Waals surface area (Å²) in [4.78, 5) is 16.6. The van der Waals surface area contributed by atoms with Crippen molar-refractivity contribution < 1.29 is 4.74 Å². The van der Waals surface area contributed by atoms with Gasteiger partial charge in [-0.3, -0.25) is 9.80 Å². The smallest absolute Gasteiger partial charge is 0.256 e. The third-order valence-corrected chi connectivity index (χ3v) is 7.78. The molecule has 6 rings (SSSR count). The minimum Gasteiger partial charge on any atom is -0.378 e. The Kier molecular flexibility index (Phi) is 5.99. The van der Waals surface area contributed by atoms with Gasteiger partial charge in [0, 0.05) is 61.4 Å². The molecular weight excluding hydrogens is 475 g/mol. The summed E-state index contributed by atoms with van der Waals surface area (Å²) in [5, 5.41) is 9.14. The number of anilines is 2. The number of benzene rings is 1. The van der Waals surface area contributed by atoms with E-state index in [4.69, 9.17) is 32.9 Å². The third kappa shape index (κ3) is 4.20. The Morgan fingerprint density at radius 2 is 1.76 bits per heavy atom. The van der Waals surface area contributed by atoms with Gasteiger partial charge in [0.25, 0.3) is 5.78 Å². The number of aromatic nitrogens is 4. The van der Waals surface area contributed by atoms with Gasteiger partial charge in [0.1, 0.15) is 18.0 Å². The van der Waals surface area contributed by atoms with Crippen molar-refractivity contribution >= 4 is 40.6 Å². The SMILES string of the molecule is C[C@@H](Nc1cc(N2CC(N3CCN(C4COC4)CC3)C2)nc2ncnn12)c1ccc(Cl)cc1Cl. The number of nitrogens with zero attached hydrogens (tertiary/aromatic N) is 7. The Labute approximate surface area is 208 Å². The fourth-order valence-corrected chi connectivity index (χ4v) is 5.56. The van der Waals surface area contributed by atoms with E-state index in [1.54, 1.807) is 10.6 Å². The predicted octanol–water partition coefficient (Wildman–Crippen LogP) is 2.81. The van der Waals surface area contributed by atoms with Crippen LogP contribution < -0.4 is 10.2 Å². The summed E-state index contributed by atoms with van der Waals surface area (Å²) < 4.78 is 7.08. The second-order valence-corrected chi connectivity index (χ2v) is 10.2. The summed E-state index contributed by atoms with van der Waals surface area (Å²) in [5.74, 6) is 2.32. The van der Waals surface area contributed by atoms with Crippen molar-refractivity contribution in [2.75, 3.05) is 62.7 Å². The molecule has 3 aliphatic heterocycles. The van der Waals surface area contributed by atoms with Crippen LogP contribution in [0.4, 0.5) is 11.6 Å². The van der Waals surface area contributed by atoms with Crippen molar-refractivity contribution in [3.8, 4) is 0 Å². The Bertz CT molecular complexity index is 1170. The standard InChI is InChI=1S/C23H28Cl2N8O/c1-15(19-3-2-16(24)8-20(19)25)28-22-9-21(29-23-26-14-27-33(22)23)32-10-17(11-32)30-4-6-31(7-5-30)18-12-34-13-18/h2-3,8-9,14-15,17-18,28H,4-7,10-13H2,1H3/t15-/m1/s1. The Balaban J connectivity index is 1.13. The molecule has 0 unspecified atom stereocenters. The molecule has 9 nitrogen and oxygen atoms in total. The number of hydrogen-bond acceptors (Lipinski definition) is 8. The van der Waals surface area contributed by atoms with E-state index in [1.807, 2.05) is 18.2 Å². The van der Waals surface area contributed by atoms with E-state index in [0.29, 0.717) is 27.9 Å². The molecule has 0 aliphatic carbocycles.